The van der Waals surface area contributed by atoms with Crippen LogP contribution in [0.2, 0.25) is 0 Å². The number of benzene rings is 1. The highest BCUT2D eigenvalue weighted by atomic mass is 16.3. The van der Waals surface area contributed by atoms with Gasteiger partial charge in [0.05, 0.1) is 5.69 Å². The lowest BCUT2D eigenvalue weighted by molar-refractivity contribution is 0.475. The molecule has 1 aliphatic rings. The molecular formula is C14H13NO. The fourth-order valence-corrected chi connectivity index (χ4v) is 2.54. The maximum Gasteiger partial charge on any atom is 0.116 e. The predicted octanol–water partition coefficient (Wildman–Crippen LogP) is 3.09. The summed E-state index contributed by atoms with van der Waals surface area (Å²) in [7, 11) is 0. The Balaban J connectivity index is 2.40. The topological polar surface area (TPSA) is 33.1 Å². The molecule has 0 atom stereocenters. The molecule has 2 nitrogen and oxygen atoms in total. The highest BCUT2D eigenvalue weighted by Crippen LogP contribution is 2.48. The first-order valence-corrected chi connectivity index (χ1v) is 5.40. The van der Waals surface area contributed by atoms with E-state index in [9.17, 15) is 5.11 Å². The highest BCUT2D eigenvalue weighted by Gasteiger charge is 2.36. The van der Waals surface area contributed by atoms with E-state index in [4.69, 9.17) is 0 Å². The molecule has 1 aliphatic carbocycles. The third kappa shape index (κ3) is 1.04. The number of phenolic OH excluding ortho intramolecular Hbond substituents is 1. The van der Waals surface area contributed by atoms with Gasteiger partial charge in [-0.1, -0.05) is 26.0 Å². The number of phenols is 1. The van der Waals surface area contributed by atoms with Crippen molar-refractivity contribution in [2.75, 3.05) is 0 Å². The molecule has 0 aliphatic heterocycles. The minimum atomic E-state index is -0.0212. The Morgan fingerprint density at radius 3 is 2.75 bits per heavy atom. The molecule has 1 heterocycles. The lowest BCUT2D eigenvalue weighted by Crippen LogP contribution is -2.14. The van der Waals surface area contributed by atoms with Crippen molar-refractivity contribution in [2.24, 2.45) is 0 Å². The quantitative estimate of drug-likeness (QED) is 0.726. The zero-order valence-corrected chi connectivity index (χ0v) is 9.36. The van der Waals surface area contributed by atoms with Gasteiger partial charge >= 0.3 is 0 Å². The van der Waals surface area contributed by atoms with Crippen LogP contribution in [0.4, 0.5) is 0 Å². The Labute approximate surface area is 94.6 Å². The summed E-state index contributed by atoms with van der Waals surface area (Å²) in [6.07, 6.45) is 1.80. The Morgan fingerprint density at radius 1 is 1.12 bits per heavy atom. The van der Waals surface area contributed by atoms with Gasteiger partial charge in [0.1, 0.15) is 5.75 Å². The molecule has 1 N–H and O–H groups in total. The van der Waals surface area contributed by atoms with E-state index in [2.05, 4.69) is 24.9 Å². The molecule has 0 saturated heterocycles. The van der Waals surface area contributed by atoms with Gasteiger partial charge in [0, 0.05) is 17.2 Å². The predicted molar refractivity (Wildman–Crippen MR) is 63.5 cm³/mol. The van der Waals surface area contributed by atoms with Crippen molar-refractivity contribution >= 4 is 0 Å². The van der Waals surface area contributed by atoms with Gasteiger partial charge < -0.3 is 5.11 Å². The first-order chi connectivity index (χ1) is 7.60. The molecule has 2 heteroatoms. The molecule has 0 saturated carbocycles. The molecule has 0 amide bonds. The van der Waals surface area contributed by atoms with Crippen LogP contribution >= 0.6 is 0 Å². The summed E-state index contributed by atoms with van der Waals surface area (Å²) < 4.78 is 0. The number of hydrogen-bond acceptors (Lipinski definition) is 2. The van der Waals surface area contributed by atoms with Crippen LogP contribution in [-0.4, -0.2) is 10.1 Å². The Bertz CT molecular complexity index is 573. The molecular weight excluding hydrogens is 198 g/mol. The molecule has 16 heavy (non-hydrogen) atoms. The summed E-state index contributed by atoms with van der Waals surface area (Å²) in [6.45, 7) is 4.38. The fraction of sp³-hybridized carbons (Fsp3) is 0.214. The van der Waals surface area contributed by atoms with Gasteiger partial charge in [0.2, 0.25) is 0 Å². The number of nitrogens with zero attached hydrogens (tertiary/aromatic N) is 1. The fourth-order valence-electron chi connectivity index (χ4n) is 2.54. The van der Waals surface area contributed by atoms with Crippen LogP contribution in [0.15, 0.2) is 36.5 Å². The average Bonchev–Trinajstić information content (AvgIpc) is 2.49. The molecule has 0 radical (unpaired) electrons. The van der Waals surface area contributed by atoms with Crippen LogP contribution in [0.3, 0.4) is 0 Å². The first kappa shape index (κ1) is 9.40. The van der Waals surface area contributed by atoms with E-state index in [1.165, 1.54) is 11.1 Å². The normalized spacial score (nSPS) is 15.6. The average molecular weight is 211 g/mol. The number of rotatable bonds is 0. The summed E-state index contributed by atoms with van der Waals surface area (Å²) in [5.74, 6) is 0.299. The molecule has 0 unspecified atom stereocenters. The van der Waals surface area contributed by atoms with Crippen LogP contribution < -0.4 is 0 Å². The smallest absolute Gasteiger partial charge is 0.116 e. The van der Waals surface area contributed by atoms with E-state index in [-0.39, 0.29) is 5.41 Å². The number of aromatic hydroxyl groups is 1. The molecule has 3 rings (SSSR count). The van der Waals surface area contributed by atoms with E-state index in [0.717, 1.165) is 11.3 Å². The summed E-state index contributed by atoms with van der Waals surface area (Å²) >= 11 is 0. The van der Waals surface area contributed by atoms with Crippen molar-refractivity contribution < 1.29 is 5.11 Å². The van der Waals surface area contributed by atoms with Gasteiger partial charge in [-0.05, 0) is 29.3 Å². The van der Waals surface area contributed by atoms with Crippen molar-refractivity contribution in [3.05, 3.63) is 47.7 Å². The minimum Gasteiger partial charge on any atom is -0.508 e. The Kier molecular flexibility index (Phi) is 1.67. The van der Waals surface area contributed by atoms with Gasteiger partial charge in [0.15, 0.2) is 0 Å². The largest absolute Gasteiger partial charge is 0.508 e. The zero-order chi connectivity index (χ0) is 11.3. The van der Waals surface area contributed by atoms with Gasteiger partial charge in [-0.15, -0.1) is 0 Å². The van der Waals surface area contributed by atoms with Crippen molar-refractivity contribution in [1.82, 2.24) is 4.98 Å². The van der Waals surface area contributed by atoms with Gasteiger partial charge in [-0.25, -0.2) is 0 Å². The molecule has 0 fully saturated rings. The lowest BCUT2D eigenvalue weighted by atomic mass is 9.83. The number of aromatic nitrogens is 1. The monoisotopic (exact) mass is 211 g/mol. The third-order valence-electron chi connectivity index (χ3n) is 3.41. The van der Waals surface area contributed by atoms with E-state index >= 15 is 0 Å². The third-order valence-corrected chi connectivity index (χ3v) is 3.41. The molecule has 2 aromatic rings. The van der Waals surface area contributed by atoms with Gasteiger partial charge in [-0.3, -0.25) is 4.98 Å². The van der Waals surface area contributed by atoms with Crippen LogP contribution in [0.5, 0.6) is 5.75 Å². The molecule has 80 valence electrons. The summed E-state index contributed by atoms with van der Waals surface area (Å²) in [5, 5.41) is 9.56. The molecule has 1 aromatic heterocycles. The molecule has 0 bridgehead atoms. The van der Waals surface area contributed by atoms with E-state index in [1.807, 2.05) is 12.1 Å². The minimum absolute atomic E-state index is 0.0212. The van der Waals surface area contributed by atoms with E-state index in [0.29, 0.717) is 5.75 Å². The van der Waals surface area contributed by atoms with E-state index in [1.54, 1.807) is 18.3 Å². The Hall–Kier alpha value is -1.83. The SMILES string of the molecule is CC1(C)c2ccc(O)cc2-c2ncccc21. The number of pyridine rings is 1. The zero-order valence-electron chi connectivity index (χ0n) is 9.36. The van der Waals surface area contributed by atoms with Gasteiger partial charge in [-0.2, -0.15) is 0 Å². The standard InChI is InChI=1S/C14H13NO/c1-14(2)11-6-5-9(16)8-10(11)13-12(14)4-3-7-15-13/h3-8,16H,1-2H3. The van der Waals surface area contributed by atoms with Crippen molar-refractivity contribution in [3.63, 3.8) is 0 Å². The number of hydrogen-bond donors (Lipinski definition) is 1. The van der Waals surface area contributed by atoms with Crippen molar-refractivity contribution in [1.29, 1.82) is 0 Å². The maximum atomic E-state index is 9.56. The summed E-state index contributed by atoms with van der Waals surface area (Å²) in [6, 6.07) is 9.61. The highest BCUT2D eigenvalue weighted by molar-refractivity contribution is 5.78. The van der Waals surface area contributed by atoms with Gasteiger partial charge in [0.25, 0.3) is 0 Å². The second kappa shape index (κ2) is 2.85. The summed E-state index contributed by atoms with van der Waals surface area (Å²) in [5.41, 5.74) is 4.50. The maximum absolute atomic E-state index is 9.56. The molecule has 1 aromatic carbocycles. The first-order valence-electron chi connectivity index (χ1n) is 5.40. The Morgan fingerprint density at radius 2 is 1.94 bits per heavy atom. The second-order valence-electron chi connectivity index (χ2n) is 4.75. The summed E-state index contributed by atoms with van der Waals surface area (Å²) in [4.78, 5) is 4.43. The van der Waals surface area contributed by atoms with Crippen LogP contribution in [0.25, 0.3) is 11.3 Å². The second-order valence-corrected chi connectivity index (χ2v) is 4.75. The van der Waals surface area contributed by atoms with Crippen LogP contribution in [0, 0.1) is 0 Å². The van der Waals surface area contributed by atoms with Crippen molar-refractivity contribution in [2.45, 2.75) is 19.3 Å². The molecule has 0 spiro atoms. The lowest BCUT2D eigenvalue weighted by Gasteiger charge is -2.20. The van der Waals surface area contributed by atoms with Crippen LogP contribution in [0.1, 0.15) is 25.0 Å². The van der Waals surface area contributed by atoms with Crippen LogP contribution in [-0.2, 0) is 5.41 Å². The van der Waals surface area contributed by atoms with Crippen molar-refractivity contribution in [3.8, 4) is 17.0 Å². The number of fused-ring (bicyclic) bond motifs is 3. The van der Waals surface area contributed by atoms with E-state index < -0.39 is 0 Å².